The number of aromatic nitrogens is 3. The molecule has 0 aliphatic heterocycles. The lowest BCUT2D eigenvalue weighted by Crippen LogP contribution is -2.19. The number of nitrogens with two attached hydrogens (primary N) is 1. The van der Waals surface area contributed by atoms with Crippen molar-refractivity contribution in [3.63, 3.8) is 0 Å². The fourth-order valence-electron chi connectivity index (χ4n) is 1.87. The molecule has 8 heteroatoms. The molecule has 0 unspecified atom stereocenters. The molecule has 2 aromatic rings. The van der Waals surface area contributed by atoms with Crippen LogP contribution in [0.5, 0.6) is 0 Å². The number of sulfonamides is 1. The molecule has 0 saturated carbocycles. The minimum Gasteiger partial charge on any atom is -0.297 e. The van der Waals surface area contributed by atoms with Gasteiger partial charge >= 0.3 is 0 Å². The van der Waals surface area contributed by atoms with Crippen LogP contribution in [0, 0.1) is 11.3 Å². The van der Waals surface area contributed by atoms with E-state index >= 15 is 0 Å². The minimum absolute atomic E-state index is 0.267. The van der Waals surface area contributed by atoms with Crippen LogP contribution < -0.4 is 5.14 Å². The standard InChI is InChI=1S/C12H13N5O2S/c1-2-6-17-11(15-16-12(17)20(14,18)19)10-5-3-4-9(7-10)8-13/h3-5,7H,2,6H2,1H3,(H2,14,18,19). The maximum absolute atomic E-state index is 11.5. The third kappa shape index (κ3) is 2.68. The molecule has 0 spiro atoms. The van der Waals surface area contributed by atoms with Gasteiger partial charge in [-0.05, 0) is 18.6 Å². The zero-order valence-corrected chi connectivity index (χ0v) is 11.6. The van der Waals surface area contributed by atoms with Crippen LogP contribution in [0.25, 0.3) is 11.4 Å². The van der Waals surface area contributed by atoms with Gasteiger partial charge in [-0.3, -0.25) is 4.57 Å². The van der Waals surface area contributed by atoms with Crippen molar-refractivity contribution in [3.8, 4) is 17.5 Å². The molecule has 0 atom stereocenters. The van der Waals surface area contributed by atoms with Gasteiger partial charge in [0.1, 0.15) is 0 Å². The second-order valence-corrected chi connectivity index (χ2v) is 5.65. The molecule has 0 bridgehead atoms. The number of primary sulfonamides is 1. The summed E-state index contributed by atoms with van der Waals surface area (Å²) in [6.45, 7) is 2.33. The average Bonchev–Trinajstić information content (AvgIpc) is 2.83. The molecule has 2 rings (SSSR count). The number of benzene rings is 1. The van der Waals surface area contributed by atoms with E-state index in [1.165, 1.54) is 4.57 Å². The third-order valence-corrected chi connectivity index (χ3v) is 3.48. The van der Waals surface area contributed by atoms with Gasteiger partial charge in [0.15, 0.2) is 5.82 Å². The molecule has 0 aliphatic rings. The molecule has 1 heterocycles. The Morgan fingerprint density at radius 1 is 1.40 bits per heavy atom. The summed E-state index contributed by atoms with van der Waals surface area (Å²) in [7, 11) is -3.93. The summed E-state index contributed by atoms with van der Waals surface area (Å²) < 4.78 is 24.4. The summed E-state index contributed by atoms with van der Waals surface area (Å²) in [6, 6.07) is 8.75. The first-order chi connectivity index (χ1) is 9.47. The Hall–Kier alpha value is -2.24. The van der Waals surface area contributed by atoms with Crippen molar-refractivity contribution in [1.82, 2.24) is 14.8 Å². The molecule has 0 fully saturated rings. The molecule has 20 heavy (non-hydrogen) atoms. The highest BCUT2D eigenvalue weighted by molar-refractivity contribution is 7.89. The number of rotatable bonds is 4. The summed E-state index contributed by atoms with van der Waals surface area (Å²) >= 11 is 0. The zero-order chi connectivity index (χ0) is 14.8. The predicted molar refractivity (Wildman–Crippen MR) is 71.8 cm³/mol. The maximum atomic E-state index is 11.5. The van der Waals surface area contributed by atoms with E-state index in [0.29, 0.717) is 29.9 Å². The molecule has 0 amide bonds. The Morgan fingerprint density at radius 2 is 2.15 bits per heavy atom. The highest BCUT2D eigenvalue weighted by atomic mass is 32.2. The summed E-state index contributed by atoms with van der Waals surface area (Å²) in [6.07, 6.45) is 0.700. The van der Waals surface area contributed by atoms with E-state index in [1.807, 2.05) is 13.0 Å². The zero-order valence-electron chi connectivity index (χ0n) is 10.8. The van der Waals surface area contributed by atoms with Crippen molar-refractivity contribution in [2.24, 2.45) is 5.14 Å². The van der Waals surface area contributed by atoms with Crippen LogP contribution in [0.3, 0.4) is 0 Å². The van der Waals surface area contributed by atoms with Gasteiger partial charge in [0.25, 0.3) is 15.2 Å². The largest absolute Gasteiger partial charge is 0.297 e. The molecule has 1 aromatic heterocycles. The van der Waals surface area contributed by atoms with Crippen LogP contribution in [0.1, 0.15) is 18.9 Å². The number of hydrogen-bond donors (Lipinski definition) is 1. The Kier molecular flexibility index (Phi) is 3.83. The van der Waals surface area contributed by atoms with E-state index < -0.39 is 10.0 Å². The van der Waals surface area contributed by atoms with Crippen LogP contribution in [-0.2, 0) is 16.6 Å². The van der Waals surface area contributed by atoms with Crippen molar-refractivity contribution < 1.29 is 8.42 Å². The van der Waals surface area contributed by atoms with E-state index in [9.17, 15) is 8.42 Å². The van der Waals surface area contributed by atoms with Crippen molar-refractivity contribution in [2.45, 2.75) is 25.0 Å². The van der Waals surface area contributed by atoms with Gasteiger partial charge in [-0.25, -0.2) is 13.6 Å². The lowest BCUT2D eigenvalue weighted by atomic mass is 10.1. The first-order valence-corrected chi connectivity index (χ1v) is 7.48. The van der Waals surface area contributed by atoms with Crippen LogP contribution >= 0.6 is 0 Å². The Morgan fingerprint density at radius 3 is 2.75 bits per heavy atom. The molecule has 7 nitrogen and oxygen atoms in total. The van der Waals surface area contributed by atoms with Crippen LogP contribution in [0.2, 0.25) is 0 Å². The first-order valence-electron chi connectivity index (χ1n) is 5.94. The van der Waals surface area contributed by atoms with Crippen molar-refractivity contribution in [3.05, 3.63) is 29.8 Å². The van der Waals surface area contributed by atoms with E-state index in [1.54, 1.807) is 24.3 Å². The van der Waals surface area contributed by atoms with E-state index in [-0.39, 0.29) is 5.16 Å². The van der Waals surface area contributed by atoms with Gasteiger partial charge in [-0.1, -0.05) is 19.1 Å². The van der Waals surface area contributed by atoms with Crippen molar-refractivity contribution >= 4 is 10.0 Å². The number of nitriles is 1. The molecule has 1 aromatic carbocycles. The highest BCUT2D eigenvalue weighted by Crippen LogP contribution is 2.21. The van der Waals surface area contributed by atoms with Gasteiger partial charge in [-0.2, -0.15) is 5.26 Å². The SMILES string of the molecule is CCCn1c(-c2cccc(C#N)c2)nnc1S(N)(=O)=O. The molecule has 0 radical (unpaired) electrons. The normalized spacial score (nSPS) is 11.2. The molecule has 0 saturated heterocycles. The fourth-order valence-corrected chi connectivity index (χ4v) is 2.51. The van der Waals surface area contributed by atoms with Crippen LogP contribution in [-0.4, -0.2) is 23.2 Å². The number of hydrogen-bond acceptors (Lipinski definition) is 5. The highest BCUT2D eigenvalue weighted by Gasteiger charge is 2.21. The van der Waals surface area contributed by atoms with Crippen molar-refractivity contribution in [1.29, 1.82) is 5.26 Å². The summed E-state index contributed by atoms with van der Waals surface area (Å²) in [4.78, 5) is 0. The second-order valence-electron chi connectivity index (χ2n) is 4.20. The van der Waals surface area contributed by atoms with Gasteiger partial charge in [0.05, 0.1) is 11.6 Å². The van der Waals surface area contributed by atoms with Crippen molar-refractivity contribution in [2.75, 3.05) is 0 Å². The second kappa shape index (κ2) is 5.40. The topological polar surface area (TPSA) is 115 Å². The minimum atomic E-state index is -3.93. The van der Waals surface area contributed by atoms with E-state index in [2.05, 4.69) is 10.2 Å². The summed E-state index contributed by atoms with van der Waals surface area (Å²) in [5.74, 6) is 0.382. The first kappa shape index (κ1) is 14.2. The fraction of sp³-hybridized carbons (Fsp3) is 0.250. The van der Waals surface area contributed by atoms with Crippen LogP contribution in [0.15, 0.2) is 29.4 Å². The van der Waals surface area contributed by atoms with Crippen LogP contribution in [0.4, 0.5) is 0 Å². The van der Waals surface area contributed by atoms with E-state index in [4.69, 9.17) is 10.4 Å². The van der Waals surface area contributed by atoms with Gasteiger partial charge in [0.2, 0.25) is 0 Å². The Bertz CT molecular complexity index is 773. The molecule has 0 aliphatic carbocycles. The predicted octanol–water partition coefficient (Wildman–Crippen LogP) is 0.874. The average molecular weight is 291 g/mol. The molecular formula is C12H13N5O2S. The van der Waals surface area contributed by atoms with Gasteiger partial charge in [-0.15, -0.1) is 10.2 Å². The third-order valence-electron chi connectivity index (χ3n) is 2.67. The molecule has 104 valence electrons. The molecule has 2 N–H and O–H groups in total. The summed E-state index contributed by atoms with van der Waals surface area (Å²) in [5, 5.41) is 21.3. The van der Waals surface area contributed by atoms with Gasteiger partial charge < -0.3 is 0 Å². The maximum Gasteiger partial charge on any atom is 0.273 e. The quantitative estimate of drug-likeness (QED) is 0.897. The smallest absolute Gasteiger partial charge is 0.273 e. The Labute approximate surface area is 116 Å². The van der Waals surface area contributed by atoms with Gasteiger partial charge in [0, 0.05) is 12.1 Å². The lowest BCUT2D eigenvalue weighted by molar-refractivity contribution is 0.559. The van der Waals surface area contributed by atoms with E-state index in [0.717, 1.165) is 0 Å². The Balaban J connectivity index is 2.63. The lowest BCUT2D eigenvalue weighted by Gasteiger charge is -2.07. The monoisotopic (exact) mass is 291 g/mol. The summed E-state index contributed by atoms with van der Waals surface area (Å²) in [5.41, 5.74) is 1.09. The molecular weight excluding hydrogens is 278 g/mol. The number of nitrogens with zero attached hydrogens (tertiary/aromatic N) is 4.